The van der Waals surface area contributed by atoms with Gasteiger partial charge in [-0.1, -0.05) is 0 Å². The number of carbonyl (C=O) groups excluding carboxylic acids is 2. The SMILES string of the molecule is COCCCNC(=O)c1ccc(C(=O)NCCCOC)[se]1. The fraction of sp³-hybridized carbons (Fsp3) is 0.571. The van der Waals surface area contributed by atoms with Gasteiger partial charge >= 0.3 is 130 Å². The second-order valence-corrected chi connectivity index (χ2v) is 6.64. The van der Waals surface area contributed by atoms with E-state index < -0.39 is 0 Å². The Balaban J connectivity index is 2.37. The van der Waals surface area contributed by atoms with E-state index in [1.807, 2.05) is 0 Å². The Hall–Kier alpha value is -1.14. The molecule has 0 aliphatic rings. The van der Waals surface area contributed by atoms with E-state index in [1.165, 1.54) is 0 Å². The van der Waals surface area contributed by atoms with Gasteiger partial charge < -0.3 is 0 Å². The van der Waals surface area contributed by atoms with Crippen molar-refractivity contribution in [3.8, 4) is 0 Å². The zero-order chi connectivity index (χ0) is 15.5. The van der Waals surface area contributed by atoms with Gasteiger partial charge in [0.2, 0.25) is 0 Å². The summed E-state index contributed by atoms with van der Waals surface area (Å²) in [5.41, 5.74) is 0. The number of ether oxygens (including phenoxy) is 2. The van der Waals surface area contributed by atoms with Crippen molar-refractivity contribution >= 4 is 26.3 Å². The summed E-state index contributed by atoms with van der Waals surface area (Å²) in [7, 11) is 3.26. The van der Waals surface area contributed by atoms with Gasteiger partial charge in [-0.25, -0.2) is 0 Å². The molecule has 0 atom stereocenters. The molecule has 0 fully saturated rings. The minimum absolute atomic E-state index is 0.0930. The molecule has 1 rings (SSSR count). The molecule has 0 saturated heterocycles. The first-order valence-electron chi connectivity index (χ1n) is 6.83. The number of nitrogens with one attached hydrogen (secondary N) is 2. The Labute approximate surface area is 130 Å². The Kier molecular flexibility index (Phi) is 9.01. The molecule has 6 nitrogen and oxygen atoms in total. The Morgan fingerprint density at radius 1 is 0.952 bits per heavy atom. The molecule has 0 saturated carbocycles. The van der Waals surface area contributed by atoms with Gasteiger partial charge in [0.1, 0.15) is 0 Å². The molecule has 0 aliphatic heterocycles. The van der Waals surface area contributed by atoms with Gasteiger partial charge in [0.05, 0.1) is 0 Å². The van der Waals surface area contributed by atoms with Crippen molar-refractivity contribution in [3.05, 3.63) is 21.0 Å². The summed E-state index contributed by atoms with van der Waals surface area (Å²) in [6.45, 7) is 2.41. The predicted octanol–water partition coefficient (Wildman–Crippen LogP) is 0.276. The van der Waals surface area contributed by atoms with Crippen LogP contribution >= 0.6 is 0 Å². The van der Waals surface area contributed by atoms with E-state index in [2.05, 4.69) is 10.6 Å². The third-order valence-electron chi connectivity index (χ3n) is 2.68. The average molecular weight is 361 g/mol. The molecule has 0 radical (unpaired) electrons. The molecule has 21 heavy (non-hydrogen) atoms. The summed E-state index contributed by atoms with van der Waals surface area (Å²) in [4.78, 5) is 23.8. The third kappa shape index (κ3) is 6.91. The molecule has 7 heteroatoms. The molecule has 0 spiro atoms. The molecule has 118 valence electrons. The van der Waals surface area contributed by atoms with Crippen molar-refractivity contribution in [2.75, 3.05) is 40.5 Å². The summed E-state index contributed by atoms with van der Waals surface area (Å²) in [5.74, 6) is -0.186. The topological polar surface area (TPSA) is 76.7 Å². The van der Waals surface area contributed by atoms with Crippen LogP contribution in [-0.4, -0.2) is 66.8 Å². The zero-order valence-corrected chi connectivity index (χ0v) is 14.2. The van der Waals surface area contributed by atoms with Crippen LogP contribution < -0.4 is 10.6 Å². The molecule has 0 aromatic carbocycles. The summed E-state index contributed by atoms with van der Waals surface area (Å²) >= 11 is -0.226. The number of carbonyl (C=O) groups is 2. The van der Waals surface area contributed by atoms with Crippen molar-refractivity contribution < 1.29 is 19.1 Å². The minimum atomic E-state index is -0.226. The fourth-order valence-corrected chi connectivity index (χ4v) is 3.35. The molecule has 0 aliphatic carbocycles. The van der Waals surface area contributed by atoms with Crippen molar-refractivity contribution in [2.24, 2.45) is 0 Å². The van der Waals surface area contributed by atoms with E-state index in [0.717, 1.165) is 12.8 Å². The first-order valence-corrected chi connectivity index (χ1v) is 8.54. The molecular formula is C14H22N2O4Se. The van der Waals surface area contributed by atoms with Crippen LogP contribution in [0.2, 0.25) is 0 Å². The predicted molar refractivity (Wildman–Crippen MR) is 81.0 cm³/mol. The van der Waals surface area contributed by atoms with E-state index in [0.29, 0.717) is 35.2 Å². The Morgan fingerprint density at radius 2 is 1.38 bits per heavy atom. The molecule has 2 amide bonds. The van der Waals surface area contributed by atoms with Crippen LogP contribution in [0.15, 0.2) is 12.1 Å². The normalized spacial score (nSPS) is 10.4. The van der Waals surface area contributed by atoms with Crippen molar-refractivity contribution in [3.63, 3.8) is 0 Å². The van der Waals surface area contributed by atoms with Crippen LogP contribution in [0.3, 0.4) is 0 Å². The Morgan fingerprint density at radius 3 is 1.76 bits per heavy atom. The van der Waals surface area contributed by atoms with Crippen molar-refractivity contribution in [1.29, 1.82) is 0 Å². The zero-order valence-electron chi connectivity index (χ0n) is 12.4. The first kappa shape index (κ1) is 17.9. The summed E-state index contributed by atoms with van der Waals surface area (Å²) in [5, 5.41) is 5.65. The fourth-order valence-electron chi connectivity index (χ4n) is 1.59. The summed E-state index contributed by atoms with van der Waals surface area (Å²) < 4.78 is 11.2. The number of hydrogen-bond donors (Lipinski definition) is 2. The van der Waals surface area contributed by atoms with Crippen LogP contribution in [0.5, 0.6) is 0 Å². The molecule has 0 unspecified atom stereocenters. The summed E-state index contributed by atoms with van der Waals surface area (Å²) in [6.07, 6.45) is 1.56. The first-order chi connectivity index (χ1) is 10.2. The number of amides is 2. The van der Waals surface area contributed by atoms with Gasteiger partial charge in [0.15, 0.2) is 0 Å². The van der Waals surface area contributed by atoms with Crippen molar-refractivity contribution in [2.45, 2.75) is 12.8 Å². The van der Waals surface area contributed by atoms with E-state index in [1.54, 1.807) is 26.4 Å². The van der Waals surface area contributed by atoms with Crippen LogP contribution in [0, 0.1) is 0 Å². The summed E-state index contributed by atoms with van der Waals surface area (Å²) in [6, 6.07) is 3.46. The van der Waals surface area contributed by atoms with Crippen LogP contribution in [0.4, 0.5) is 0 Å². The van der Waals surface area contributed by atoms with Gasteiger partial charge in [0.25, 0.3) is 0 Å². The molecule has 1 aromatic heterocycles. The average Bonchev–Trinajstić information content (AvgIpc) is 2.98. The van der Waals surface area contributed by atoms with E-state index >= 15 is 0 Å². The number of rotatable bonds is 10. The van der Waals surface area contributed by atoms with Crippen LogP contribution in [0.25, 0.3) is 0 Å². The van der Waals surface area contributed by atoms with E-state index in [4.69, 9.17) is 9.47 Å². The third-order valence-corrected chi connectivity index (χ3v) is 4.95. The molecule has 2 N–H and O–H groups in total. The van der Waals surface area contributed by atoms with Crippen LogP contribution in [-0.2, 0) is 9.47 Å². The van der Waals surface area contributed by atoms with E-state index in [9.17, 15) is 9.59 Å². The maximum absolute atomic E-state index is 11.9. The molecule has 0 bridgehead atoms. The van der Waals surface area contributed by atoms with Gasteiger partial charge in [-0.3, -0.25) is 0 Å². The van der Waals surface area contributed by atoms with Crippen LogP contribution in [0.1, 0.15) is 31.3 Å². The van der Waals surface area contributed by atoms with Gasteiger partial charge in [-0.15, -0.1) is 0 Å². The molecule has 1 aromatic rings. The van der Waals surface area contributed by atoms with E-state index in [-0.39, 0.29) is 26.3 Å². The number of methoxy groups -OCH3 is 2. The quantitative estimate of drug-likeness (QED) is 0.464. The van der Waals surface area contributed by atoms with Gasteiger partial charge in [0, 0.05) is 0 Å². The number of hydrogen-bond acceptors (Lipinski definition) is 4. The van der Waals surface area contributed by atoms with Crippen molar-refractivity contribution in [1.82, 2.24) is 10.6 Å². The molecular weight excluding hydrogens is 339 g/mol. The Bertz CT molecular complexity index is 409. The monoisotopic (exact) mass is 362 g/mol. The molecule has 1 heterocycles. The maximum atomic E-state index is 11.9. The van der Waals surface area contributed by atoms with Gasteiger partial charge in [-0.05, 0) is 0 Å². The van der Waals surface area contributed by atoms with Gasteiger partial charge in [-0.2, -0.15) is 0 Å². The second kappa shape index (κ2) is 10.6. The standard InChI is InChI=1S/C14H22N2O4Se/c1-19-9-3-7-15-13(17)11-5-6-12(21-11)14(18)16-8-4-10-20-2/h5-6H,3-4,7-10H2,1-2H3,(H,15,17)(H,16,18). The second-order valence-electron chi connectivity index (χ2n) is 4.37.